The van der Waals surface area contributed by atoms with E-state index in [-0.39, 0.29) is 29.9 Å². The number of benzene rings is 2. The van der Waals surface area contributed by atoms with Crippen molar-refractivity contribution in [3.8, 4) is 0 Å². The Morgan fingerprint density at radius 2 is 1.84 bits per heavy atom. The Kier molecular flexibility index (Phi) is 7.80. The second kappa shape index (κ2) is 10.7. The Bertz CT molecular complexity index is 1070. The number of hydrogen-bond acceptors (Lipinski definition) is 5. The average Bonchev–Trinajstić information content (AvgIpc) is 3.14. The summed E-state index contributed by atoms with van der Waals surface area (Å²) in [7, 11) is 0. The van der Waals surface area contributed by atoms with Gasteiger partial charge in [-0.2, -0.15) is 0 Å². The molecule has 0 aliphatic rings. The molecule has 1 aromatic heterocycles. The monoisotopic (exact) mass is 459 g/mol. The molecule has 3 aromatic rings. The number of anilines is 1. The summed E-state index contributed by atoms with van der Waals surface area (Å²) in [6.45, 7) is 4.31. The van der Waals surface area contributed by atoms with Gasteiger partial charge < -0.3 is 15.2 Å². The molecule has 0 bridgehead atoms. The molecule has 160 valence electrons. The Hall–Kier alpha value is -3.17. The maximum atomic E-state index is 13.0. The fraction of sp³-hybridized carbons (Fsp3) is 0.143. The van der Waals surface area contributed by atoms with E-state index in [4.69, 9.17) is 11.6 Å². The molecule has 0 aliphatic heterocycles. The summed E-state index contributed by atoms with van der Waals surface area (Å²) < 4.78 is 14.7. The minimum absolute atomic E-state index is 0.0871. The number of carbonyl (C=O) groups excluding carboxylic acids is 2. The lowest BCUT2D eigenvalue weighted by Gasteiger charge is -2.09. The van der Waals surface area contributed by atoms with Crippen molar-refractivity contribution < 1.29 is 14.0 Å². The first-order valence-corrected chi connectivity index (χ1v) is 10.6. The lowest BCUT2D eigenvalue weighted by atomic mass is 10.2. The van der Waals surface area contributed by atoms with Crippen LogP contribution in [0.2, 0.25) is 5.02 Å². The molecule has 0 aliphatic carbocycles. The minimum atomic E-state index is -0.374. The number of hydrogen-bond donors (Lipinski definition) is 2. The van der Waals surface area contributed by atoms with Crippen LogP contribution in [0.5, 0.6) is 0 Å². The van der Waals surface area contributed by atoms with Gasteiger partial charge in [0.25, 0.3) is 5.91 Å². The van der Waals surface area contributed by atoms with Crippen LogP contribution in [-0.2, 0) is 17.9 Å². The molecule has 0 unspecified atom stereocenters. The van der Waals surface area contributed by atoms with Gasteiger partial charge >= 0.3 is 0 Å². The third-order valence-electron chi connectivity index (χ3n) is 4.08. The second-order valence-corrected chi connectivity index (χ2v) is 7.71. The fourth-order valence-corrected chi connectivity index (χ4v) is 3.48. The highest BCUT2D eigenvalue weighted by molar-refractivity contribution is 7.99. The second-order valence-electron chi connectivity index (χ2n) is 6.33. The Labute approximate surface area is 187 Å². The van der Waals surface area contributed by atoms with E-state index in [9.17, 15) is 14.0 Å². The molecule has 0 saturated heterocycles. The minimum Gasteiger partial charge on any atom is -0.345 e. The third-order valence-corrected chi connectivity index (χ3v) is 5.30. The van der Waals surface area contributed by atoms with Gasteiger partial charge in [0.2, 0.25) is 5.91 Å². The van der Waals surface area contributed by atoms with Crippen molar-refractivity contribution in [2.24, 2.45) is 0 Å². The molecule has 2 amide bonds. The Morgan fingerprint density at radius 3 is 2.52 bits per heavy atom. The van der Waals surface area contributed by atoms with Gasteiger partial charge in [-0.05, 0) is 48.5 Å². The maximum absolute atomic E-state index is 13.0. The lowest BCUT2D eigenvalue weighted by molar-refractivity contribution is -0.113. The summed E-state index contributed by atoms with van der Waals surface area (Å²) in [4.78, 5) is 24.5. The number of allylic oxidation sites excluding steroid dienone is 1. The van der Waals surface area contributed by atoms with E-state index >= 15 is 0 Å². The molecule has 7 nitrogen and oxygen atoms in total. The predicted octanol–water partition coefficient (Wildman–Crippen LogP) is 3.92. The first-order valence-electron chi connectivity index (χ1n) is 9.21. The Morgan fingerprint density at radius 1 is 1.13 bits per heavy atom. The largest absolute Gasteiger partial charge is 0.345 e. The quantitative estimate of drug-likeness (QED) is 0.374. The van der Waals surface area contributed by atoms with Crippen LogP contribution >= 0.6 is 23.4 Å². The van der Waals surface area contributed by atoms with E-state index in [1.807, 2.05) is 0 Å². The lowest BCUT2D eigenvalue weighted by Crippen LogP contribution is -2.24. The number of nitrogens with one attached hydrogen (secondary N) is 2. The first-order chi connectivity index (χ1) is 15.0. The van der Waals surface area contributed by atoms with E-state index in [0.29, 0.717) is 33.8 Å². The highest BCUT2D eigenvalue weighted by Gasteiger charge is 2.15. The molecule has 31 heavy (non-hydrogen) atoms. The van der Waals surface area contributed by atoms with Crippen LogP contribution in [0.4, 0.5) is 10.1 Å². The number of nitrogens with zero attached hydrogens (tertiary/aromatic N) is 3. The molecular formula is C21H19ClFN5O2S. The Balaban J connectivity index is 1.59. The van der Waals surface area contributed by atoms with Crippen LogP contribution in [0.3, 0.4) is 0 Å². The van der Waals surface area contributed by atoms with E-state index in [0.717, 1.165) is 0 Å². The van der Waals surface area contributed by atoms with Crippen molar-refractivity contribution in [3.05, 3.63) is 83.4 Å². The maximum Gasteiger partial charge on any atom is 0.251 e. The SMILES string of the molecule is C=CCn1c(CNC(=O)c2ccc(Cl)cc2)nnc1SCC(=O)Nc1ccc(F)cc1. The molecule has 0 radical (unpaired) electrons. The van der Waals surface area contributed by atoms with Crippen LogP contribution in [0.1, 0.15) is 16.2 Å². The summed E-state index contributed by atoms with van der Waals surface area (Å²) in [6, 6.07) is 12.1. The van der Waals surface area contributed by atoms with Crippen molar-refractivity contribution in [2.75, 3.05) is 11.1 Å². The zero-order valence-corrected chi connectivity index (χ0v) is 17.9. The summed E-state index contributed by atoms with van der Waals surface area (Å²) in [5.74, 6) is -0.284. The number of rotatable bonds is 9. The summed E-state index contributed by atoms with van der Waals surface area (Å²) in [5.41, 5.74) is 0.983. The average molecular weight is 460 g/mol. The molecule has 0 atom stereocenters. The van der Waals surface area contributed by atoms with Gasteiger partial charge in [0, 0.05) is 22.8 Å². The topological polar surface area (TPSA) is 88.9 Å². The van der Waals surface area contributed by atoms with Crippen LogP contribution in [0, 0.1) is 5.82 Å². The van der Waals surface area contributed by atoms with Gasteiger partial charge in [-0.25, -0.2) is 4.39 Å². The van der Waals surface area contributed by atoms with Gasteiger partial charge in [-0.3, -0.25) is 9.59 Å². The van der Waals surface area contributed by atoms with Gasteiger partial charge in [0.15, 0.2) is 11.0 Å². The normalized spacial score (nSPS) is 10.5. The number of halogens is 2. The molecule has 0 saturated carbocycles. The summed E-state index contributed by atoms with van der Waals surface area (Å²) >= 11 is 7.04. The van der Waals surface area contributed by atoms with Gasteiger partial charge in [-0.1, -0.05) is 29.4 Å². The summed E-state index contributed by atoms with van der Waals surface area (Å²) in [5, 5.41) is 14.8. The first kappa shape index (κ1) is 22.5. The molecule has 2 aromatic carbocycles. The van der Waals surface area contributed by atoms with E-state index in [1.165, 1.54) is 36.0 Å². The third kappa shape index (κ3) is 6.40. The highest BCUT2D eigenvalue weighted by Crippen LogP contribution is 2.18. The fourth-order valence-electron chi connectivity index (χ4n) is 2.59. The molecule has 1 heterocycles. The zero-order chi connectivity index (χ0) is 22.2. The summed E-state index contributed by atoms with van der Waals surface area (Å²) in [6.07, 6.45) is 1.68. The number of thioether (sulfide) groups is 1. The van der Waals surface area contributed by atoms with Crippen molar-refractivity contribution in [2.45, 2.75) is 18.2 Å². The van der Waals surface area contributed by atoms with E-state index in [2.05, 4.69) is 27.4 Å². The molecule has 0 spiro atoms. The van der Waals surface area contributed by atoms with Gasteiger partial charge in [-0.15, -0.1) is 16.8 Å². The van der Waals surface area contributed by atoms with E-state index in [1.54, 1.807) is 34.9 Å². The number of carbonyl (C=O) groups is 2. The van der Waals surface area contributed by atoms with E-state index < -0.39 is 0 Å². The number of amides is 2. The van der Waals surface area contributed by atoms with Crippen LogP contribution in [-0.4, -0.2) is 32.3 Å². The van der Waals surface area contributed by atoms with Crippen LogP contribution < -0.4 is 10.6 Å². The van der Waals surface area contributed by atoms with Gasteiger partial charge in [0.1, 0.15) is 5.82 Å². The van der Waals surface area contributed by atoms with Gasteiger partial charge in [0.05, 0.1) is 12.3 Å². The number of aromatic nitrogens is 3. The van der Waals surface area contributed by atoms with Crippen LogP contribution in [0.15, 0.2) is 66.3 Å². The smallest absolute Gasteiger partial charge is 0.251 e. The molecule has 2 N–H and O–H groups in total. The molecule has 10 heteroatoms. The van der Waals surface area contributed by atoms with Crippen LogP contribution in [0.25, 0.3) is 0 Å². The molecular weight excluding hydrogens is 441 g/mol. The zero-order valence-electron chi connectivity index (χ0n) is 16.3. The molecule has 0 fully saturated rings. The standard InChI is InChI=1S/C21H19ClFN5O2S/c1-2-11-28-18(12-24-20(30)14-3-5-15(22)6-4-14)26-27-21(28)31-13-19(29)25-17-9-7-16(23)8-10-17/h2-10H,1,11-13H2,(H,24,30)(H,25,29). The predicted molar refractivity (Wildman–Crippen MR) is 119 cm³/mol. The molecule has 3 rings (SSSR count). The van der Waals surface area contributed by atoms with Crippen molar-refractivity contribution in [3.63, 3.8) is 0 Å². The van der Waals surface area contributed by atoms with Crippen molar-refractivity contribution in [1.29, 1.82) is 0 Å². The highest BCUT2D eigenvalue weighted by atomic mass is 35.5. The van der Waals surface area contributed by atoms with Crippen molar-refractivity contribution in [1.82, 2.24) is 20.1 Å². The van der Waals surface area contributed by atoms with Crippen molar-refractivity contribution >= 4 is 40.9 Å².